The Morgan fingerprint density at radius 3 is 2.36 bits per heavy atom. The Morgan fingerprint density at radius 1 is 1.06 bits per heavy atom. The van der Waals surface area contributed by atoms with Crippen LogP contribution in [-0.2, 0) is 16.0 Å². The highest BCUT2D eigenvalue weighted by atomic mass is 32.1. The van der Waals surface area contributed by atoms with E-state index in [2.05, 4.69) is 95.7 Å². The number of ketones is 1. The Hall–Kier alpha value is -3.22. The monoisotopic (exact) mass is 498 g/mol. The first-order valence-electron chi connectivity index (χ1n) is 12.6. The number of rotatable bonds is 4. The third kappa shape index (κ3) is 3.62. The van der Waals surface area contributed by atoms with E-state index < -0.39 is 5.60 Å². The number of carbonyl (C=O) groups is 1. The van der Waals surface area contributed by atoms with Crippen molar-refractivity contribution in [1.29, 1.82) is 0 Å². The third-order valence-corrected chi connectivity index (χ3v) is 8.54. The molecule has 0 saturated carbocycles. The van der Waals surface area contributed by atoms with Gasteiger partial charge in [-0.2, -0.15) is 4.40 Å². The van der Waals surface area contributed by atoms with Crippen molar-refractivity contribution in [3.8, 4) is 21.7 Å². The third-order valence-electron chi connectivity index (χ3n) is 7.35. The van der Waals surface area contributed by atoms with E-state index >= 15 is 0 Å². The summed E-state index contributed by atoms with van der Waals surface area (Å²) in [6.45, 7) is 6.60. The second-order valence-electron chi connectivity index (χ2n) is 10.8. The topological polar surface area (TPSA) is 47.4 Å². The molecule has 36 heavy (non-hydrogen) atoms. The van der Waals surface area contributed by atoms with E-state index in [4.69, 9.17) is 4.74 Å². The highest BCUT2D eigenvalue weighted by Gasteiger charge is 2.51. The molecular weight excluding hydrogens is 466 g/mol. The number of carbonyl (C=O) groups excluding carboxylic acids is 1. The lowest BCUT2D eigenvalue weighted by molar-refractivity contribution is -0.478. The molecule has 0 bridgehead atoms. The average Bonchev–Trinajstić information content (AvgIpc) is 3.40. The summed E-state index contributed by atoms with van der Waals surface area (Å²) in [6, 6.07) is 21.1. The van der Waals surface area contributed by atoms with Crippen molar-refractivity contribution in [2.24, 2.45) is 0 Å². The summed E-state index contributed by atoms with van der Waals surface area (Å²) >= 11 is 1.79. The molecular formula is C30H32N3O2S+. The Labute approximate surface area is 216 Å². The lowest BCUT2D eigenvalue weighted by Crippen LogP contribution is -2.47. The maximum Gasteiger partial charge on any atom is 0.293 e. The number of nitrogens with one attached hydrogen (secondary N) is 1. The van der Waals surface area contributed by atoms with Crippen molar-refractivity contribution in [3.63, 3.8) is 0 Å². The predicted octanol–water partition coefficient (Wildman–Crippen LogP) is 6.23. The van der Waals surface area contributed by atoms with Gasteiger partial charge in [0.15, 0.2) is 5.78 Å². The van der Waals surface area contributed by atoms with E-state index in [0.717, 1.165) is 23.6 Å². The lowest BCUT2D eigenvalue weighted by Gasteiger charge is -2.41. The number of anilines is 1. The van der Waals surface area contributed by atoms with E-state index in [9.17, 15) is 4.79 Å². The van der Waals surface area contributed by atoms with Gasteiger partial charge in [-0.3, -0.25) is 10.1 Å². The zero-order valence-electron chi connectivity index (χ0n) is 21.2. The first-order chi connectivity index (χ1) is 17.3. The molecule has 2 aromatic heterocycles. The van der Waals surface area contributed by atoms with Gasteiger partial charge in [0, 0.05) is 25.5 Å². The fraction of sp³-hybridized carbons (Fsp3) is 0.333. The molecule has 2 atom stereocenters. The molecule has 6 heteroatoms. The number of nitrogens with zero attached hydrogens (tertiary/aromatic N) is 2. The van der Waals surface area contributed by atoms with Crippen molar-refractivity contribution in [1.82, 2.24) is 4.57 Å². The van der Waals surface area contributed by atoms with E-state index in [1.54, 1.807) is 24.5 Å². The minimum atomic E-state index is -0.476. The number of aromatic nitrogens is 2. The number of allylic oxidation sites excluding steroid dienone is 1. The van der Waals surface area contributed by atoms with Crippen LogP contribution in [0, 0.1) is 0 Å². The quantitative estimate of drug-likeness (QED) is 0.339. The molecule has 2 aliphatic rings. The van der Waals surface area contributed by atoms with Gasteiger partial charge in [-0.05, 0) is 44.9 Å². The maximum absolute atomic E-state index is 12.7. The van der Waals surface area contributed by atoms with Crippen LogP contribution in [0.3, 0.4) is 0 Å². The van der Waals surface area contributed by atoms with Gasteiger partial charge in [-0.25, -0.2) is 4.57 Å². The summed E-state index contributed by atoms with van der Waals surface area (Å²) in [5, 5.41) is 3.85. The Kier molecular flexibility index (Phi) is 5.43. The average molecular weight is 499 g/mol. The first kappa shape index (κ1) is 23.2. The van der Waals surface area contributed by atoms with E-state index in [1.165, 1.54) is 27.4 Å². The molecule has 0 amide bonds. The number of benzene rings is 2. The predicted molar refractivity (Wildman–Crippen MR) is 146 cm³/mol. The second-order valence-corrected chi connectivity index (χ2v) is 11.8. The van der Waals surface area contributed by atoms with Gasteiger partial charge in [0.25, 0.3) is 10.8 Å². The Morgan fingerprint density at radius 2 is 1.72 bits per heavy atom. The minimum absolute atomic E-state index is 0.0832. The van der Waals surface area contributed by atoms with E-state index in [1.807, 2.05) is 6.08 Å². The summed E-state index contributed by atoms with van der Waals surface area (Å²) in [6.07, 6.45) is 5.87. The van der Waals surface area contributed by atoms with Crippen LogP contribution in [0.25, 0.3) is 26.7 Å². The molecule has 0 radical (unpaired) electrons. The summed E-state index contributed by atoms with van der Waals surface area (Å²) in [5.74, 6) is 1.27. The Balaban J connectivity index is 1.72. The standard InChI is InChI=1S/C30H32N3O2S/c1-29(2,3)31-27-23-16-18-30(35-4)17-15-22(34)19-24(30)32(23)28-33(27)25(20-11-7-5-8-12-20)26(36-28)21-13-9-6-10-14-21/h5-15,17,24,31H,16,18-19H2,1-4H3/q+1/t24-,30+/m0/s1. The van der Waals surface area contributed by atoms with Crippen LogP contribution < -0.4 is 9.72 Å². The van der Waals surface area contributed by atoms with Gasteiger partial charge < -0.3 is 4.74 Å². The van der Waals surface area contributed by atoms with Gasteiger partial charge in [0.05, 0.1) is 10.4 Å². The number of methoxy groups -OCH3 is 1. The molecule has 0 unspecified atom stereocenters. The van der Waals surface area contributed by atoms with Gasteiger partial charge in [-0.1, -0.05) is 72.0 Å². The molecule has 6 rings (SSSR count). The largest absolute Gasteiger partial charge is 0.370 e. The highest BCUT2D eigenvalue weighted by molar-refractivity contribution is 7.20. The number of ether oxygens (including phenoxy) is 1. The number of fused-ring (bicyclic) bond motifs is 5. The van der Waals surface area contributed by atoms with Crippen LogP contribution in [0.1, 0.15) is 45.3 Å². The molecule has 1 aliphatic heterocycles. The van der Waals surface area contributed by atoms with Crippen LogP contribution in [-0.4, -0.2) is 28.6 Å². The normalized spacial score (nSPS) is 21.4. The molecule has 1 N–H and O–H groups in total. The second kappa shape index (κ2) is 8.43. The zero-order chi connectivity index (χ0) is 25.1. The summed E-state index contributed by atoms with van der Waals surface area (Å²) < 4.78 is 11.0. The maximum atomic E-state index is 12.7. The fourth-order valence-electron chi connectivity index (χ4n) is 5.75. The van der Waals surface area contributed by atoms with E-state index in [0.29, 0.717) is 6.42 Å². The van der Waals surface area contributed by atoms with Crippen LogP contribution in [0.15, 0.2) is 72.8 Å². The summed E-state index contributed by atoms with van der Waals surface area (Å²) in [5.41, 5.74) is 4.17. The molecule has 0 fully saturated rings. The van der Waals surface area contributed by atoms with Gasteiger partial charge in [0.2, 0.25) is 0 Å². The first-order valence-corrected chi connectivity index (χ1v) is 13.4. The molecule has 5 nitrogen and oxygen atoms in total. The molecule has 2 aromatic carbocycles. The highest BCUT2D eigenvalue weighted by Crippen LogP contribution is 2.48. The van der Waals surface area contributed by atoms with Crippen molar-refractivity contribution < 1.29 is 13.9 Å². The molecule has 4 aromatic rings. The molecule has 1 aliphatic carbocycles. The SMILES string of the molecule is CO[C@@]12C=CC(=O)C[C@@H]1n1c(c(NC(C)(C)C)[n+]3c(-c4ccccc4)c(-c4ccccc4)sc13)CC2. The fourth-order valence-corrected chi connectivity index (χ4v) is 7.10. The van der Waals surface area contributed by atoms with Gasteiger partial charge >= 0.3 is 0 Å². The molecule has 184 valence electrons. The molecule has 0 spiro atoms. The number of thiazole rings is 1. The number of hydrogen-bond donors (Lipinski definition) is 1. The van der Waals surface area contributed by atoms with E-state index in [-0.39, 0.29) is 17.4 Å². The van der Waals surface area contributed by atoms with Crippen molar-refractivity contribution >= 4 is 27.9 Å². The van der Waals surface area contributed by atoms with Crippen molar-refractivity contribution in [3.05, 3.63) is 78.5 Å². The van der Waals surface area contributed by atoms with Crippen LogP contribution in [0.5, 0.6) is 0 Å². The van der Waals surface area contributed by atoms with Crippen molar-refractivity contribution in [2.45, 2.75) is 57.2 Å². The number of hydrogen-bond acceptors (Lipinski definition) is 4. The smallest absolute Gasteiger partial charge is 0.293 e. The van der Waals surface area contributed by atoms with Crippen LogP contribution in [0.2, 0.25) is 0 Å². The van der Waals surface area contributed by atoms with Gasteiger partial charge in [-0.15, -0.1) is 0 Å². The molecule has 0 saturated heterocycles. The molecule has 3 heterocycles. The Bertz CT molecular complexity index is 1480. The lowest BCUT2D eigenvalue weighted by atomic mass is 9.78. The minimum Gasteiger partial charge on any atom is -0.370 e. The summed E-state index contributed by atoms with van der Waals surface area (Å²) in [7, 11) is 1.78. The van der Waals surface area contributed by atoms with Crippen LogP contribution >= 0.6 is 11.3 Å². The van der Waals surface area contributed by atoms with Gasteiger partial charge in [0.1, 0.15) is 23.0 Å². The zero-order valence-corrected chi connectivity index (χ0v) is 22.1. The van der Waals surface area contributed by atoms with Crippen LogP contribution in [0.4, 0.5) is 5.82 Å². The number of imidazole rings is 1. The van der Waals surface area contributed by atoms with Crippen molar-refractivity contribution in [2.75, 3.05) is 12.4 Å². The summed E-state index contributed by atoms with van der Waals surface area (Å²) in [4.78, 5) is 15.0.